The van der Waals surface area contributed by atoms with Crippen LogP contribution in [0, 0.1) is 0 Å². The van der Waals surface area contributed by atoms with E-state index < -0.39 is 17.7 Å². The van der Waals surface area contributed by atoms with E-state index in [0.717, 1.165) is 12.8 Å². The summed E-state index contributed by atoms with van der Waals surface area (Å²) in [5.74, 6) is -0.947. The normalized spacial score (nSPS) is 10.8. The SMILES string of the molecule is CCCCOc1c(C(=O)OC)n(CC(O)O)cc(Br)c1=O. The Kier molecular flexibility index (Phi) is 6.86. The molecule has 0 aliphatic rings. The molecule has 118 valence electrons. The maximum absolute atomic E-state index is 12.1. The Morgan fingerprint density at radius 3 is 2.67 bits per heavy atom. The molecule has 8 heteroatoms. The average Bonchev–Trinajstić information content (AvgIpc) is 2.43. The first-order valence-electron chi connectivity index (χ1n) is 6.42. The number of aliphatic hydroxyl groups is 2. The second-order valence-corrected chi connectivity index (χ2v) is 5.16. The van der Waals surface area contributed by atoms with E-state index in [4.69, 9.17) is 14.9 Å². The van der Waals surface area contributed by atoms with E-state index in [1.165, 1.54) is 17.9 Å². The van der Waals surface area contributed by atoms with Crippen molar-refractivity contribution in [3.8, 4) is 5.75 Å². The Morgan fingerprint density at radius 1 is 1.48 bits per heavy atom. The van der Waals surface area contributed by atoms with Crippen LogP contribution in [0.4, 0.5) is 0 Å². The quantitative estimate of drug-likeness (QED) is 0.424. The molecule has 0 bridgehead atoms. The second-order valence-electron chi connectivity index (χ2n) is 4.31. The number of unbranched alkanes of at least 4 members (excludes halogenated alkanes) is 1. The molecule has 2 N–H and O–H groups in total. The highest BCUT2D eigenvalue weighted by Crippen LogP contribution is 2.20. The smallest absolute Gasteiger partial charge is 0.358 e. The number of ether oxygens (including phenoxy) is 2. The van der Waals surface area contributed by atoms with E-state index >= 15 is 0 Å². The first kappa shape index (κ1) is 17.7. The monoisotopic (exact) mass is 363 g/mol. The lowest BCUT2D eigenvalue weighted by atomic mass is 10.3. The zero-order valence-electron chi connectivity index (χ0n) is 11.8. The van der Waals surface area contributed by atoms with Gasteiger partial charge in [-0.2, -0.15) is 0 Å². The third kappa shape index (κ3) is 4.55. The molecule has 0 radical (unpaired) electrons. The summed E-state index contributed by atoms with van der Waals surface area (Å²) >= 11 is 3.07. The maximum atomic E-state index is 12.1. The van der Waals surface area contributed by atoms with Crippen molar-refractivity contribution < 1.29 is 24.5 Å². The third-order valence-electron chi connectivity index (χ3n) is 2.68. The Bertz CT molecular complexity index is 554. The van der Waals surface area contributed by atoms with Crippen LogP contribution in [-0.2, 0) is 11.3 Å². The van der Waals surface area contributed by atoms with Crippen molar-refractivity contribution in [2.75, 3.05) is 13.7 Å². The summed E-state index contributed by atoms with van der Waals surface area (Å²) in [4.78, 5) is 24.0. The number of carbonyl (C=O) groups is 1. The molecule has 0 saturated heterocycles. The molecule has 0 aliphatic heterocycles. The zero-order chi connectivity index (χ0) is 16.0. The molecule has 0 saturated carbocycles. The highest BCUT2D eigenvalue weighted by atomic mass is 79.9. The maximum Gasteiger partial charge on any atom is 0.358 e. The van der Waals surface area contributed by atoms with E-state index in [0.29, 0.717) is 0 Å². The fraction of sp³-hybridized carbons (Fsp3) is 0.538. The predicted molar refractivity (Wildman–Crippen MR) is 78.4 cm³/mol. The minimum Gasteiger partial charge on any atom is -0.487 e. The molecular weight excluding hydrogens is 346 g/mol. The van der Waals surface area contributed by atoms with Crippen LogP contribution >= 0.6 is 15.9 Å². The van der Waals surface area contributed by atoms with Gasteiger partial charge < -0.3 is 24.3 Å². The van der Waals surface area contributed by atoms with Crippen LogP contribution < -0.4 is 10.2 Å². The number of esters is 1. The van der Waals surface area contributed by atoms with Crippen LogP contribution in [0.2, 0.25) is 0 Å². The summed E-state index contributed by atoms with van der Waals surface area (Å²) in [7, 11) is 1.17. The number of carbonyl (C=O) groups excluding carboxylic acids is 1. The molecule has 0 unspecified atom stereocenters. The fourth-order valence-electron chi connectivity index (χ4n) is 1.69. The lowest BCUT2D eigenvalue weighted by Crippen LogP contribution is -2.26. The summed E-state index contributed by atoms with van der Waals surface area (Å²) in [5, 5.41) is 18.2. The van der Waals surface area contributed by atoms with Gasteiger partial charge in [-0.3, -0.25) is 4.79 Å². The van der Waals surface area contributed by atoms with Gasteiger partial charge in [0.15, 0.2) is 17.7 Å². The van der Waals surface area contributed by atoms with Gasteiger partial charge in [0.05, 0.1) is 24.7 Å². The summed E-state index contributed by atoms with van der Waals surface area (Å²) in [6.45, 7) is 1.94. The van der Waals surface area contributed by atoms with Crippen LogP contribution in [0.3, 0.4) is 0 Å². The van der Waals surface area contributed by atoms with Crippen molar-refractivity contribution in [1.29, 1.82) is 0 Å². The minimum atomic E-state index is -1.69. The molecular formula is C13H18BrNO6. The number of aromatic nitrogens is 1. The topological polar surface area (TPSA) is 98.0 Å². The lowest BCUT2D eigenvalue weighted by Gasteiger charge is -2.17. The summed E-state index contributed by atoms with van der Waals surface area (Å²) in [6, 6.07) is 0. The van der Waals surface area contributed by atoms with Crippen LogP contribution in [0.5, 0.6) is 5.75 Å². The van der Waals surface area contributed by atoms with Gasteiger partial charge in [0, 0.05) is 6.20 Å². The molecule has 1 heterocycles. The zero-order valence-corrected chi connectivity index (χ0v) is 13.4. The molecule has 1 aromatic rings. The number of pyridine rings is 1. The van der Waals surface area contributed by atoms with E-state index in [9.17, 15) is 9.59 Å². The Hall–Kier alpha value is -1.38. The number of aliphatic hydroxyl groups excluding tert-OH is 1. The summed E-state index contributed by atoms with van der Waals surface area (Å²) < 4.78 is 11.4. The summed E-state index contributed by atoms with van der Waals surface area (Å²) in [5.41, 5.74) is -0.634. The molecule has 21 heavy (non-hydrogen) atoms. The van der Waals surface area contributed by atoms with Crippen LogP contribution in [-0.4, -0.2) is 40.8 Å². The molecule has 0 spiro atoms. The number of rotatable bonds is 7. The number of methoxy groups -OCH3 is 1. The first-order valence-corrected chi connectivity index (χ1v) is 7.21. The van der Waals surface area contributed by atoms with Gasteiger partial charge in [-0.25, -0.2) is 4.79 Å². The van der Waals surface area contributed by atoms with Gasteiger partial charge in [0.1, 0.15) is 0 Å². The van der Waals surface area contributed by atoms with Gasteiger partial charge in [-0.15, -0.1) is 0 Å². The highest BCUT2D eigenvalue weighted by molar-refractivity contribution is 9.10. The van der Waals surface area contributed by atoms with Crippen molar-refractivity contribution in [2.24, 2.45) is 0 Å². The van der Waals surface area contributed by atoms with Gasteiger partial charge in [0.25, 0.3) is 0 Å². The number of hydrogen-bond donors (Lipinski definition) is 2. The van der Waals surface area contributed by atoms with Crippen molar-refractivity contribution in [1.82, 2.24) is 4.57 Å². The van der Waals surface area contributed by atoms with Crippen molar-refractivity contribution in [2.45, 2.75) is 32.6 Å². The molecule has 7 nitrogen and oxygen atoms in total. The molecule has 0 fully saturated rings. The van der Waals surface area contributed by atoms with Crippen molar-refractivity contribution in [3.63, 3.8) is 0 Å². The number of hydrogen-bond acceptors (Lipinski definition) is 6. The third-order valence-corrected chi connectivity index (χ3v) is 3.24. The van der Waals surface area contributed by atoms with E-state index in [1.54, 1.807) is 0 Å². The Labute approximate surface area is 130 Å². The van der Waals surface area contributed by atoms with Gasteiger partial charge in [-0.1, -0.05) is 13.3 Å². The molecule has 0 atom stereocenters. The molecule has 1 rings (SSSR count). The predicted octanol–water partition coefficient (Wildman–Crippen LogP) is 0.887. The number of halogens is 1. The van der Waals surface area contributed by atoms with E-state index in [-0.39, 0.29) is 29.1 Å². The van der Waals surface area contributed by atoms with Gasteiger partial charge in [-0.05, 0) is 22.4 Å². The van der Waals surface area contributed by atoms with Crippen LogP contribution in [0.1, 0.15) is 30.3 Å². The highest BCUT2D eigenvalue weighted by Gasteiger charge is 2.23. The van der Waals surface area contributed by atoms with Crippen LogP contribution in [0.15, 0.2) is 15.5 Å². The van der Waals surface area contributed by atoms with Crippen molar-refractivity contribution in [3.05, 3.63) is 26.6 Å². The molecule has 0 amide bonds. The van der Waals surface area contributed by atoms with E-state index in [1.807, 2.05) is 6.92 Å². The average molecular weight is 364 g/mol. The number of nitrogens with zero attached hydrogens (tertiary/aromatic N) is 1. The second kappa shape index (κ2) is 8.16. The Morgan fingerprint density at radius 2 is 2.14 bits per heavy atom. The fourth-order valence-corrected chi connectivity index (χ4v) is 2.11. The Balaban J connectivity index is 3.37. The summed E-state index contributed by atoms with van der Waals surface area (Å²) in [6.07, 6.45) is 1.19. The first-order chi connectivity index (χ1) is 9.92. The molecule has 0 aromatic carbocycles. The largest absolute Gasteiger partial charge is 0.487 e. The molecule has 0 aliphatic carbocycles. The van der Waals surface area contributed by atoms with Crippen molar-refractivity contribution >= 4 is 21.9 Å². The lowest BCUT2D eigenvalue weighted by molar-refractivity contribution is -0.0519. The van der Waals surface area contributed by atoms with Gasteiger partial charge >= 0.3 is 5.97 Å². The van der Waals surface area contributed by atoms with Gasteiger partial charge in [0.2, 0.25) is 5.43 Å². The van der Waals surface area contributed by atoms with Crippen LogP contribution in [0.25, 0.3) is 0 Å². The van der Waals surface area contributed by atoms with E-state index in [2.05, 4.69) is 20.7 Å². The minimum absolute atomic E-state index is 0.144. The standard InChI is InChI=1S/C13H18BrNO6/c1-3-4-5-21-12-10(13(19)20-2)15(7-9(16)17)6-8(14)11(12)18/h6,9,16-17H,3-5,7H2,1-2H3. The molecule has 1 aromatic heterocycles.